The van der Waals surface area contributed by atoms with Gasteiger partial charge < -0.3 is 10.1 Å². The molecule has 0 atom stereocenters. The van der Waals surface area contributed by atoms with Crippen molar-refractivity contribution in [1.29, 1.82) is 0 Å². The van der Waals surface area contributed by atoms with Gasteiger partial charge in [-0.3, -0.25) is 4.79 Å². The third-order valence-electron chi connectivity index (χ3n) is 5.04. The Hall–Kier alpha value is -4.12. The molecule has 1 aromatic heterocycles. The smallest absolute Gasteiger partial charge is 0.275 e. The zero-order valence-corrected chi connectivity index (χ0v) is 15.4. The van der Waals surface area contributed by atoms with Crippen LogP contribution in [-0.2, 0) is 0 Å². The summed E-state index contributed by atoms with van der Waals surface area (Å²) in [4.78, 5) is 15.9. The molecule has 5 nitrogen and oxygen atoms in total. The predicted molar refractivity (Wildman–Crippen MR) is 116 cm³/mol. The summed E-state index contributed by atoms with van der Waals surface area (Å²) in [5, 5.41) is 18.4. The number of hydrazone groups is 1. The number of carbonyl (C=O) groups is 1. The monoisotopic (exact) mass is 379 g/mol. The Morgan fingerprint density at radius 1 is 0.897 bits per heavy atom. The van der Waals surface area contributed by atoms with E-state index in [9.17, 15) is 9.90 Å². The van der Waals surface area contributed by atoms with Gasteiger partial charge in [0.2, 0.25) is 0 Å². The van der Waals surface area contributed by atoms with Crippen LogP contribution >= 0.6 is 0 Å². The van der Waals surface area contributed by atoms with Gasteiger partial charge in [0, 0.05) is 21.7 Å². The van der Waals surface area contributed by atoms with Gasteiger partial charge in [0.05, 0.1) is 17.3 Å². The Labute approximate surface area is 166 Å². The second-order valence-electron chi connectivity index (χ2n) is 6.86. The zero-order valence-electron chi connectivity index (χ0n) is 15.4. The lowest BCUT2D eigenvalue weighted by molar-refractivity contribution is 0.0952. The number of para-hydroxylation sites is 1. The van der Waals surface area contributed by atoms with Gasteiger partial charge in [0.15, 0.2) is 0 Å². The number of nitrogens with zero attached hydrogens (tertiary/aromatic N) is 1. The fourth-order valence-corrected chi connectivity index (χ4v) is 3.63. The number of aromatic hydroxyl groups is 1. The molecule has 0 aliphatic heterocycles. The molecule has 0 radical (unpaired) electrons. The van der Waals surface area contributed by atoms with E-state index in [1.165, 1.54) is 0 Å². The van der Waals surface area contributed by atoms with E-state index in [-0.39, 0.29) is 11.3 Å². The van der Waals surface area contributed by atoms with Crippen LogP contribution in [0.2, 0.25) is 0 Å². The number of benzene rings is 4. The van der Waals surface area contributed by atoms with Crippen molar-refractivity contribution in [2.24, 2.45) is 5.10 Å². The summed E-state index contributed by atoms with van der Waals surface area (Å²) in [6.07, 6.45) is 1.56. The fourth-order valence-electron chi connectivity index (χ4n) is 3.63. The summed E-state index contributed by atoms with van der Waals surface area (Å²) in [6.45, 7) is 0. The fraction of sp³-hybridized carbons (Fsp3) is 0. The van der Waals surface area contributed by atoms with Gasteiger partial charge in [-0.25, -0.2) is 5.43 Å². The number of aromatic amines is 1. The minimum absolute atomic E-state index is 0.0870. The molecule has 3 N–H and O–H groups in total. The van der Waals surface area contributed by atoms with E-state index in [0.29, 0.717) is 0 Å². The van der Waals surface area contributed by atoms with Crippen LogP contribution < -0.4 is 5.43 Å². The lowest BCUT2D eigenvalue weighted by Crippen LogP contribution is -2.17. The SMILES string of the molecule is O=C(NN=Cc1ccccc1)c1cc2ccc3c4ccccc4[nH]c3c2cc1O. The van der Waals surface area contributed by atoms with Crippen molar-refractivity contribution in [3.8, 4) is 5.75 Å². The molecule has 5 heteroatoms. The number of rotatable bonds is 3. The molecule has 5 aromatic rings. The Balaban J connectivity index is 1.52. The highest BCUT2D eigenvalue weighted by Crippen LogP contribution is 2.34. The standard InChI is InChI=1S/C24H17N3O2/c28-22-13-19-16(10-11-18-17-8-4-5-9-21(17)26-23(18)19)12-20(22)24(29)27-25-14-15-6-2-1-3-7-15/h1-14,26,28H,(H,27,29). The van der Waals surface area contributed by atoms with Crippen LogP contribution in [0.5, 0.6) is 5.75 Å². The van der Waals surface area contributed by atoms with Crippen LogP contribution in [0.1, 0.15) is 15.9 Å². The van der Waals surface area contributed by atoms with Gasteiger partial charge in [0.1, 0.15) is 5.75 Å². The van der Waals surface area contributed by atoms with Crippen LogP contribution in [0.25, 0.3) is 32.6 Å². The number of hydrogen-bond donors (Lipinski definition) is 3. The lowest BCUT2D eigenvalue weighted by Gasteiger charge is -2.07. The first kappa shape index (κ1) is 17.0. The Morgan fingerprint density at radius 2 is 1.69 bits per heavy atom. The van der Waals surface area contributed by atoms with Gasteiger partial charge in [-0.05, 0) is 29.1 Å². The Morgan fingerprint density at radius 3 is 2.55 bits per heavy atom. The number of phenols is 1. The predicted octanol–water partition coefficient (Wildman–Crippen LogP) is 4.94. The number of nitrogens with one attached hydrogen (secondary N) is 2. The molecule has 0 saturated carbocycles. The summed E-state index contributed by atoms with van der Waals surface area (Å²) < 4.78 is 0. The topological polar surface area (TPSA) is 77.5 Å². The summed E-state index contributed by atoms with van der Waals surface area (Å²) in [5.41, 5.74) is 5.50. The third kappa shape index (κ3) is 2.99. The Bertz CT molecular complexity index is 1400. The molecule has 0 fully saturated rings. The number of aromatic nitrogens is 1. The van der Waals surface area contributed by atoms with Gasteiger partial charge in [-0.15, -0.1) is 0 Å². The van der Waals surface area contributed by atoms with Gasteiger partial charge >= 0.3 is 0 Å². The molecule has 29 heavy (non-hydrogen) atoms. The number of phenolic OH excluding ortho intramolecular Hbond substituents is 1. The molecule has 140 valence electrons. The molecular weight excluding hydrogens is 362 g/mol. The maximum absolute atomic E-state index is 12.5. The van der Waals surface area contributed by atoms with Crippen molar-refractivity contribution in [3.63, 3.8) is 0 Å². The second kappa shape index (κ2) is 6.80. The summed E-state index contributed by atoms with van der Waals surface area (Å²) in [7, 11) is 0. The molecule has 0 bridgehead atoms. The number of H-pyrrole nitrogens is 1. The average Bonchev–Trinajstić information content (AvgIpc) is 3.13. The van der Waals surface area contributed by atoms with E-state index in [0.717, 1.165) is 38.1 Å². The van der Waals surface area contributed by atoms with Crippen LogP contribution in [0.15, 0.2) is 84.0 Å². The molecule has 4 aromatic carbocycles. The summed E-state index contributed by atoms with van der Waals surface area (Å²) in [6, 6.07) is 24.8. The van der Waals surface area contributed by atoms with Crippen LogP contribution in [0.4, 0.5) is 0 Å². The highest BCUT2D eigenvalue weighted by molar-refractivity contribution is 6.18. The van der Waals surface area contributed by atoms with Gasteiger partial charge in [0.25, 0.3) is 5.91 Å². The summed E-state index contributed by atoms with van der Waals surface area (Å²) >= 11 is 0. The van der Waals surface area contributed by atoms with Gasteiger partial charge in [-0.2, -0.15) is 5.10 Å². The molecule has 0 saturated heterocycles. The number of hydrogen-bond acceptors (Lipinski definition) is 3. The van der Waals surface area contributed by atoms with E-state index in [2.05, 4.69) is 21.6 Å². The highest BCUT2D eigenvalue weighted by atomic mass is 16.3. The van der Waals surface area contributed by atoms with E-state index >= 15 is 0 Å². The molecule has 1 amide bonds. The van der Waals surface area contributed by atoms with Crippen molar-refractivity contribution in [1.82, 2.24) is 10.4 Å². The maximum Gasteiger partial charge on any atom is 0.275 e. The van der Waals surface area contributed by atoms with Crippen molar-refractivity contribution in [2.75, 3.05) is 0 Å². The average molecular weight is 379 g/mol. The van der Waals surface area contributed by atoms with E-state index in [1.807, 2.05) is 60.7 Å². The zero-order chi connectivity index (χ0) is 19.8. The molecule has 0 aliphatic rings. The van der Waals surface area contributed by atoms with E-state index < -0.39 is 5.91 Å². The van der Waals surface area contributed by atoms with Crippen molar-refractivity contribution in [3.05, 3.63) is 90.0 Å². The normalized spacial score (nSPS) is 11.6. The first-order valence-corrected chi connectivity index (χ1v) is 9.25. The number of amides is 1. The Kier molecular flexibility index (Phi) is 3.99. The van der Waals surface area contributed by atoms with Crippen molar-refractivity contribution >= 4 is 44.7 Å². The largest absolute Gasteiger partial charge is 0.507 e. The highest BCUT2D eigenvalue weighted by Gasteiger charge is 2.14. The van der Waals surface area contributed by atoms with E-state index in [1.54, 1.807) is 18.3 Å². The first-order chi connectivity index (χ1) is 14.2. The minimum atomic E-state index is -0.465. The molecule has 0 aliphatic carbocycles. The van der Waals surface area contributed by atoms with Crippen molar-refractivity contribution < 1.29 is 9.90 Å². The van der Waals surface area contributed by atoms with Crippen molar-refractivity contribution in [2.45, 2.75) is 0 Å². The number of carbonyl (C=O) groups excluding carboxylic acids is 1. The minimum Gasteiger partial charge on any atom is -0.507 e. The second-order valence-corrected chi connectivity index (χ2v) is 6.86. The molecule has 1 heterocycles. The molecule has 5 rings (SSSR count). The number of fused-ring (bicyclic) bond motifs is 5. The molecule has 0 unspecified atom stereocenters. The third-order valence-corrected chi connectivity index (χ3v) is 5.04. The molecule has 0 spiro atoms. The first-order valence-electron chi connectivity index (χ1n) is 9.25. The van der Waals surface area contributed by atoms with Crippen LogP contribution in [-0.4, -0.2) is 22.2 Å². The van der Waals surface area contributed by atoms with E-state index in [4.69, 9.17) is 0 Å². The van der Waals surface area contributed by atoms with Gasteiger partial charge in [-0.1, -0.05) is 60.7 Å². The van der Waals surface area contributed by atoms with Crippen LogP contribution in [0, 0.1) is 0 Å². The summed E-state index contributed by atoms with van der Waals surface area (Å²) in [5.74, 6) is -0.551. The quantitative estimate of drug-likeness (QED) is 0.307. The molecular formula is C24H17N3O2. The maximum atomic E-state index is 12.5. The lowest BCUT2D eigenvalue weighted by atomic mass is 10.0. The van der Waals surface area contributed by atoms with Crippen LogP contribution in [0.3, 0.4) is 0 Å².